The van der Waals surface area contributed by atoms with E-state index in [1.165, 1.54) is 5.56 Å². The molecule has 110 valence electrons. The van der Waals surface area contributed by atoms with Crippen LogP contribution in [-0.2, 0) is 17.8 Å². The zero-order valence-corrected chi connectivity index (χ0v) is 11.8. The Morgan fingerprint density at radius 1 is 1.43 bits per heavy atom. The molecule has 1 amide bonds. The molecule has 6 heteroatoms. The van der Waals surface area contributed by atoms with Crippen molar-refractivity contribution in [2.24, 2.45) is 5.92 Å². The standard InChI is InChI=1S/C15H19N5O/c21-15(16-6-3-8-20-9-7-18-19-20)13-10-12-4-1-2-5-14(12)17-11-13/h1-2,4-5,7,9,13,17H,3,6,8,10-11H2,(H,16,21). The van der Waals surface area contributed by atoms with Gasteiger partial charge in [0.05, 0.1) is 12.1 Å². The molecule has 1 atom stereocenters. The average Bonchev–Trinajstić information content (AvgIpc) is 3.04. The molecule has 0 spiro atoms. The third-order valence-electron chi connectivity index (χ3n) is 3.73. The Labute approximate surface area is 123 Å². The van der Waals surface area contributed by atoms with Gasteiger partial charge in [-0.15, -0.1) is 5.10 Å². The van der Waals surface area contributed by atoms with Gasteiger partial charge in [0.1, 0.15) is 0 Å². The molecule has 0 radical (unpaired) electrons. The summed E-state index contributed by atoms with van der Waals surface area (Å²) in [5.41, 5.74) is 2.36. The Hall–Kier alpha value is -2.37. The van der Waals surface area contributed by atoms with Crippen LogP contribution < -0.4 is 10.6 Å². The average molecular weight is 285 g/mol. The lowest BCUT2D eigenvalue weighted by atomic mass is 9.93. The molecule has 2 heterocycles. The summed E-state index contributed by atoms with van der Waals surface area (Å²) in [5, 5.41) is 14.0. The molecule has 1 aliphatic rings. The minimum atomic E-state index is 0.00581. The molecular formula is C15H19N5O. The Morgan fingerprint density at radius 2 is 2.33 bits per heavy atom. The fraction of sp³-hybridized carbons (Fsp3) is 0.400. The maximum Gasteiger partial charge on any atom is 0.225 e. The number of carbonyl (C=O) groups is 1. The number of aromatic nitrogens is 3. The lowest BCUT2D eigenvalue weighted by Crippen LogP contribution is -2.38. The van der Waals surface area contributed by atoms with Gasteiger partial charge >= 0.3 is 0 Å². The number of rotatable bonds is 5. The SMILES string of the molecule is O=C(NCCCn1ccnn1)C1CNc2ccccc2C1. The normalized spacial score (nSPS) is 16.9. The van der Waals surface area contributed by atoms with Gasteiger partial charge in [0, 0.05) is 31.5 Å². The highest BCUT2D eigenvalue weighted by molar-refractivity contribution is 5.80. The van der Waals surface area contributed by atoms with Crippen molar-refractivity contribution in [3.8, 4) is 0 Å². The summed E-state index contributed by atoms with van der Waals surface area (Å²) in [6.45, 7) is 2.13. The molecule has 6 nitrogen and oxygen atoms in total. The van der Waals surface area contributed by atoms with E-state index in [9.17, 15) is 4.79 Å². The van der Waals surface area contributed by atoms with Crippen molar-refractivity contribution in [1.82, 2.24) is 20.3 Å². The smallest absolute Gasteiger partial charge is 0.225 e. The Morgan fingerprint density at radius 3 is 3.19 bits per heavy atom. The van der Waals surface area contributed by atoms with Crippen LogP contribution in [0.15, 0.2) is 36.7 Å². The first kappa shape index (κ1) is 13.6. The van der Waals surface area contributed by atoms with Crippen LogP contribution in [0, 0.1) is 5.92 Å². The molecule has 1 aromatic carbocycles. The third kappa shape index (κ3) is 3.39. The molecule has 3 rings (SSSR count). The van der Waals surface area contributed by atoms with E-state index in [0.717, 1.165) is 25.1 Å². The second-order valence-corrected chi connectivity index (χ2v) is 5.25. The number of benzene rings is 1. The van der Waals surface area contributed by atoms with Crippen molar-refractivity contribution < 1.29 is 4.79 Å². The minimum absolute atomic E-state index is 0.00581. The minimum Gasteiger partial charge on any atom is -0.384 e. The van der Waals surface area contributed by atoms with Crippen molar-refractivity contribution in [2.45, 2.75) is 19.4 Å². The van der Waals surface area contributed by atoms with Crippen LogP contribution in [0.4, 0.5) is 5.69 Å². The highest BCUT2D eigenvalue weighted by Gasteiger charge is 2.23. The molecule has 21 heavy (non-hydrogen) atoms. The van der Waals surface area contributed by atoms with E-state index in [4.69, 9.17) is 0 Å². The maximum atomic E-state index is 12.2. The second kappa shape index (κ2) is 6.39. The number of nitrogens with one attached hydrogen (secondary N) is 2. The topological polar surface area (TPSA) is 71.8 Å². The van der Waals surface area contributed by atoms with E-state index in [-0.39, 0.29) is 11.8 Å². The van der Waals surface area contributed by atoms with Crippen molar-refractivity contribution in [3.05, 3.63) is 42.2 Å². The molecule has 1 aliphatic heterocycles. The summed E-state index contributed by atoms with van der Waals surface area (Å²) in [4.78, 5) is 12.2. The highest BCUT2D eigenvalue weighted by Crippen LogP contribution is 2.24. The van der Waals surface area contributed by atoms with Crippen LogP contribution in [0.5, 0.6) is 0 Å². The molecule has 0 bridgehead atoms. The molecule has 0 saturated carbocycles. The predicted molar refractivity (Wildman–Crippen MR) is 79.8 cm³/mol. The maximum absolute atomic E-state index is 12.2. The number of anilines is 1. The van der Waals surface area contributed by atoms with E-state index in [2.05, 4.69) is 33.1 Å². The van der Waals surface area contributed by atoms with Crippen LogP contribution in [-0.4, -0.2) is 34.0 Å². The van der Waals surface area contributed by atoms with E-state index in [1.54, 1.807) is 10.9 Å². The zero-order chi connectivity index (χ0) is 14.5. The van der Waals surface area contributed by atoms with Gasteiger partial charge in [0.2, 0.25) is 5.91 Å². The van der Waals surface area contributed by atoms with Gasteiger partial charge < -0.3 is 10.6 Å². The molecule has 0 saturated heterocycles. The largest absolute Gasteiger partial charge is 0.384 e. The molecule has 1 unspecified atom stereocenters. The van der Waals surface area contributed by atoms with Gasteiger partial charge in [0.25, 0.3) is 0 Å². The summed E-state index contributed by atoms with van der Waals surface area (Å²) < 4.78 is 1.77. The van der Waals surface area contributed by atoms with Crippen molar-refractivity contribution >= 4 is 11.6 Å². The first-order valence-electron chi connectivity index (χ1n) is 7.26. The third-order valence-corrected chi connectivity index (χ3v) is 3.73. The van der Waals surface area contributed by atoms with Crippen LogP contribution in [0.3, 0.4) is 0 Å². The Kier molecular flexibility index (Phi) is 4.14. The first-order valence-corrected chi connectivity index (χ1v) is 7.26. The Bertz CT molecular complexity index is 596. The number of nitrogens with zero attached hydrogens (tertiary/aromatic N) is 3. The summed E-state index contributed by atoms with van der Waals surface area (Å²) in [6, 6.07) is 8.16. The summed E-state index contributed by atoms with van der Waals surface area (Å²) in [7, 11) is 0. The monoisotopic (exact) mass is 285 g/mol. The van der Waals surface area contributed by atoms with E-state index in [0.29, 0.717) is 13.1 Å². The van der Waals surface area contributed by atoms with E-state index < -0.39 is 0 Å². The van der Waals surface area contributed by atoms with Gasteiger partial charge in [-0.05, 0) is 24.5 Å². The number of para-hydroxylation sites is 1. The lowest BCUT2D eigenvalue weighted by molar-refractivity contribution is -0.124. The quantitative estimate of drug-likeness (QED) is 0.806. The molecular weight excluding hydrogens is 266 g/mol. The van der Waals surface area contributed by atoms with Gasteiger partial charge in [-0.3, -0.25) is 9.48 Å². The number of hydrogen-bond acceptors (Lipinski definition) is 4. The number of amides is 1. The van der Waals surface area contributed by atoms with Gasteiger partial charge in [-0.2, -0.15) is 0 Å². The predicted octanol–water partition coefficient (Wildman–Crippen LogP) is 1.07. The molecule has 1 aromatic heterocycles. The molecule has 2 N–H and O–H groups in total. The van der Waals surface area contributed by atoms with Crippen molar-refractivity contribution in [3.63, 3.8) is 0 Å². The van der Waals surface area contributed by atoms with Gasteiger partial charge in [-0.25, -0.2) is 0 Å². The van der Waals surface area contributed by atoms with Crippen LogP contribution in [0.1, 0.15) is 12.0 Å². The fourth-order valence-corrected chi connectivity index (χ4v) is 2.58. The van der Waals surface area contributed by atoms with Crippen LogP contribution in [0.2, 0.25) is 0 Å². The summed E-state index contributed by atoms with van der Waals surface area (Å²) >= 11 is 0. The summed E-state index contributed by atoms with van der Waals surface area (Å²) in [6.07, 6.45) is 5.14. The molecule has 0 fully saturated rings. The van der Waals surface area contributed by atoms with E-state index >= 15 is 0 Å². The number of fused-ring (bicyclic) bond motifs is 1. The van der Waals surface area contributed by atoms with E-state index in [1.807, 2.05) is 18.3 Å². The Balaban J connectivity index is 1.44. The van der Waals surface area contributed by atoms with Gasteiger partial charge in [-0.1, -0.05) is 23.4 Å². The fourth-order valence-electron chi connectivity index (χ4n) is 2.58. The van der Waals surface area contributed by atoms with Crippen molar-refractivity contribution in [1.29, 1.82) is 0 Å². The first-order chi connectivity index (χ1) is 10.3. The zero-order valence-electron chi connectivity index (χ0n) is 11.8. The molecule has 0 aliphatic carbocycles. The highest BCUT2D eigenvalue weighted by atomic mass is 16.1. The van der Waals surface area contributed by atoms with Crippen molar-refractivity contribution in [2.75, 3.05) is 18.4 Å². The van der Waals surface area contributed by atoms with Gasteiger partial charge in [0.15, 0.2) is 0 Å². The second-order valence-electron chi connectivity index (χ2n) is 5.25. The molecule has 2 aromatic rings. The van der Waals surface area contributed by atoms with Crippen LogP contribution >= 0.6 is 0 Å². The number of carbonyl (C=O) groups excluding carboxylic acids is 1. The number of hydrogen-bond donors (Lipinski definition) is 2. The van der Waals surface area contributed by atoms with Crippen LogP contribution in [0.25, 0.3) is 0 Å². The summed E-state index contributed by atoms with van der Waals surface area (Å²) in [5.74, 6) is 0.127. The lowest BCUT2D eigenvalue weighted by Gasteiger charge is -2.25. The number of aryl methyl sites for hydroxylation is 1.